The Hall–Kier alpha value is -2.57. The normalized spacial score (nSPS) is 24.8. The molecule has 3 aliphatic rings. The van der Waals surface area contributed by atoms with Gasteiger partial charge in [-0.15, -0.1) is 0 Å². The largest absolute Gasteiger partial charge is 0.378 e. The standard InChI is InChI=1S/C27H41N5O6S/c1-20-11-12-22(24(33)19-32(20)39(36,37)25-10-6-7-13-28-25)29-26(34)23(18-21-8-4-2-3-5-9-21)30-27(35)31-14-16-38-17-15-31/h6-7,10,13,20-23H,2-5,8-9,11-12,14-19H2,1H3,(H,29,34)(H,30,35)/t20-,22+,23-/m1/s1. The number of carbonyl (C=O) groups is 3. The van der Waals surface area contributed by atoms with Crippen molar-refractivity contribution in [2.75, 3.05) is 32.8 Å². The Balaban J connectivity index is 1.45. The summed E-state index contributed by atoms with van der Waals surface area (Å²) in [5.41, 5.74) is 0. The fourth-order valence-corrected chi connectivity index (χ4v) is 7.23. The van der Waals surface area contributed by atoms with E-state index in [1.54, 1.807) is 24.0 Å². The molecule has 12 heteroatoms. The molecule has 0 radical (unpaired) electrons. The van der Waals surface area contributed by atoms with Gasteiger partial charge in [-0.25, -0.2) is 18.2 Å². The predicted molar refractivity (Wildman–Crippen MR) is 144 cm³/mol. The van der Waals surface area contributed by atoms with Crippen LogP contribution in [0.1, 0.15) is 64.7 Å². The number of hydrogen-bond acceptors (Lipinski definition) is 7. The van der Waals surface area contributed by atoms with E-state index in [4.69, 9.17) is 4.74 Å². The van der Waals surface area contributed by atoms with Crippen molar-refractivity contribution in [3.8, 4) is 0 Å². The summed E-state index contributed by atoms with van der Waals surface area (Å²) >= 11 is 0. The summed E-state index contributed by atoms with van der Waals surface area (Å²) in [4.78, 5) is 45.4. The highest BCUT2D eigenvalue weighted by Crippen LogP contribution is 2.27. The monoisotopic (exact) mass is 563 g/mol. The molecule has 3 fully saturated rings. The van der Waals surface area contributed by atoms with Crippen molar-refractivity contribution in [2.24, 2.45) is 5.92 Å². The molecule has 216 valence electrons. The fraction of sp³-hybridized carbons (Fsp3) is 0.704. The highest BCUT2D eigenvalue weighted by molar-refractivity contribution is 7.89. The smallest absolute Gasteiger partial charge is 0.318 e. The molecule has 1 aromatic rings. The molecule has 2 aliphatic heterocycles. The van der Waals surface area contributed by atoms with E-state index in [2.05, 4.69) is 15.6 Å². The van der Waals surface area contributed by atoms with E-state index in [1.165, 1.54) is 29.4 Å². The van der Waals surface area contributed by atoms with Gasteiger partial charge in [0.25, 0.3) is 10.0 Å². The molecule has 1 aromatic heterocycles. The van der Waals surface area contributed by atoms with Crippen LogP contribution in [-0.4, -0.2) is 91.3 Å². The van der Waals surface area contributed by atoms with Crippen LogP contribution in [0.25, 0.3) is 0 Å². The van der Waals surface area contributed by atoms with Crippen LogP contribution < -0.4 is 10.6 Å². The number of nitrogens with zero attached hydrogens (tertiary/aromatic N) is 3. The van der Waals surface area contributed by atoms with Gasteiger partial charge in [0.05, 0.1) is 25.8 Å². The van der Waals surface area contributed by atoms with Crippen LogP contribution in [0.5, 0.6) is 0 Å². The fourth-order valence-electron chi connectivity index (χ4n) is 5.67. The lowest BCUT2D eigenvalue weighted by atomic mass is 9.92. The third-order valence-electron chi connectivity index (χ3n) is 8.05. The molecule has 3 amide bonds. The van der Waals surface area contributed by atoms with E-state index in [1.807, 2.05) is 0 Å². The first-order valence-electron chi connectivity index (χ1n) is 14.1. The Labute approximate surface area is 231 Å². The number of ketones is 1. The summed E-state index contributed by atoms with van der Waals surface area (Å²) in [5.74, 6) is -0.454. The maximum atomic E-state index is 13.6. The minimum absolute atomic E-state index is 0.110. The Kier molecular flexibility index (Phi) is 10.3. The highest BCUT2D eigenvalue weighted by atomic mass is 32.2. The number of ether oxygens (including phenoxy) is 1. The van der Waals surface area contributed by atoms with Crippen molar-refractivity contribution in [2.45, 2.75) is 87.9 Å². The van der Waals surface area contributed by atoms with Gasteiger partial charge in [-0.3, -0.25) is 9.59 Å². The van der Waals surface area contributed by atoms with Crippen molar-refractivity contribution in [1.29, 1.82) is 0 Å². The Morgan fingerprint density at radius 1 is 1.08 bits per heavy atom. The summed E-state index contributed by atoms with van der Waals surface area (Å²) in [6.07, 6.45) is 9.23. The Morgan fingerprint density at radius 2 is 1.79 bits per heavy atom. The number of nitrogens with one attached hydrogen (secondary N) is 2. The first-order chi connectivity index (χ1) is 18.8. The molecule has 0 unspecified atom stereocenters. The average Bonchev–Trinajstić information content (AvgIpc) is 3.29. The summed E-state index contributed by atoms with van der Waals surface area (Å²) in [7, 11) is -3.97. The van der Waals surface area contributed by atoms with E-state index < -0.39 is 34.1 Å². The van der Waals surface area contributed by atoms with E-state index >= 15 is 0 Å². The van der Waals surface area contributed by atoms with E-state index in [0.29, 0.717) is 51.5 Å². The topological polar surface area (TPSA) is 138 Å². The number of hydrogen-bond donors (Lipinski definition) is 2. The highest BCUT2D eigenvalue weighted by Gasteiger charge is 2.38. The van der Waals surface area contributed by atoms with E-state index in [-0.39, 0.29) is 23.4 Å². The maximum Gasteiger partial charge on any atom is 0.318 e. The zero-order valence-corrected chi connectivity index (χ0v) is 23.5. The minimum Gasteiger partial charge on any atom is -0.378 e. The van der Waals surface area contributed by atoms with Crippen LogP contribution in [0.4, 0.5) is 4.79 Å². The van der Waals surface area contributed by atoms with Crippen molar-refractivity contribution < 1.29 is 27.5 Å². The average molecular weight is 564 g/mol. The van der Waals surface area contributed by atoms with Crippen molar-refractivity contribution >= 4 is 27.7 Å². The van der Waals surface area contributed by atoms with Crippen molar-refractivity contribution in [1.82, 2.24) is 24.8 Å². The molecule has 2 N–H and O–H groups in total. The summed E-state index contributed by atoms with van der Waals surface area (Å²) < 4.78 is 32.9. The molecular formula is C27H41N5O6S. The van der Waals surface area contributed by atoms with E-state index in [9.17, 15) is 22.8 Å². The van der Waals surface area contributed by atoms with Crippen molar-refractivity contribution in [3.63, 3.8) is 0 Å². The first-order valence-corrected chi connectivity index (χ1v) is 15.6. The number of Topliss-reactive ketones (excluding diaryl/α,β-unsaturated/α-hetero) is 1. The third kappa shape index (κ3) is 7.76. The summed E-state index contributed by atoms with van der Waals surface area (Å²) in [6, 6.07) is 2.28. The second kappa shape index (κ2) is 13.7. The number of amides is 3. The first kappa shape index (κ1) is 29.4. The van der Waals surface area contributed by atoms with Crippen LogP contribution in [0, 0.1) is 5.92 Å². The minimum atomic E-state index is -3.97. The number of sulfonamides is 1. The predicted octanol–water partition coefficient (Wildman–Crippen LogP) is 2.08. The number of rotatable bonds is 7. The summed E-state index contributed by atoms with van der Waals surface area (Å²) in [5, 5.41) is 5.69. The Morgan fingerprint density at radius 3 is 2.46 bits per heavy atom. The lowest BCUT2D eigenvalue weighted by molar-refractivity contribution is -0.129. The van der Waals surface area contributed by atoms with Gasteiger partial charge in [-0.2, -0.15) is 4.31 Å². The quantitative estimate of drug-likeness (QED) is 0.485. The number of carbonyl (C=O) groups excluding carboxylic acids is 3. The van der Waals surface area contributed by atoms with Gasteiger partial charge in [-0.05, 0) is 44.2 Å². The van der Waals surface area contributed by atoms with Gasteiger partial charge in [0.1, 0.15) is 6.04 Å². The molecule has 0 spiro atoms. The van der Waals surface area contributed by atoms with Gasteiger partial charge in [0, 0.05) is 25.3 Å². The van der Waals surface area contributed by atoms with Gasteiger partial charge in [-0.1, -0.05) is 44.6 Å². The molecule has 3 atom stereocenters. The van der Waals surface area contributed by atoms with Crippen LogP contribution in [0.3, 0.4) is 0 Å². The number of pyridine rings is 1. The lowest BCUT2D eigenvalue weighted by Gasteiger charge is -2.30. The van der Waals surface area contributed by atoms with Gasteiger partial charge in [0.2, 0.25) is 5.91 Å². The van der Waals surface area contributed by atoms with Gasteiger partial charge >= 0.3 is 6.03 Å². The molecule has 11 nitrogen and oxygen atoms in total. The molecule has 0 bridgehead atoms. The van der Waals surface area contributed by atoms with Crippen molar-refractivity contribution in [3.05, 3.63) is 24.4 Å². The molecule has 2 saturated heterocycles. The summed E-state index contributed by atoms with van der Waals surface area (Å²) in [6.45, 7) is 3.25. The van der Waals surface area contributed by atoms with Crippen LogP contribution in [0.15, 0.2) is 29.4 Å². The molecule has 1 aliphatic carbocycles. The van der Waals surface area contributed by atoms with Gasteiger partial charge in [0.15, 0.2) is 10.8 Å². The lowest BCUT2D eigenvalue weighted by Crippen LogP contribution is -2.56. The Bertz CT molecular complexity index is 1090. The number of morpholine rings is 1. The zero-order chi connectivity index (χ0) is 27.8. The molecule has 39 heavy (non-hydrogen) atoms. The molecule has 1 saturated carbocycles. The zero-order valence-electron chi connectivity index (χ0n) is 22.7. The van der Waals surface area contributed by atoms with Gasteiger partial charge < -0.3 is 20.3 Å². The van der Waals surface area contributed by atoms with E-state index in [0.717, 1.165) is 25.7 Å². The van der Waals surface area contributed by atoms with Crippen LogP contribution in [0.2, 0.25) is 0 Å². The number of urea groups is 1. The number of aromatic nitrogens is 1. The SMILES string of the molecule is C[C@@H]1CC[C@H](NC(=O)[C@@H](CC2CCCCCC2)NC(=O)N2CCOCC2)C(=O)CN1S(=O)(=O)c1ccccn1. The molecule has 0 aromatic carbocycles. The third-order valence-corrected chi connectivity index (χ3v) is 9.93. The van der Waals surface area contributed by atoms with Crippen LogP contribution >= 0.6 is 0 Å². The second-order valence-corrected chi connectivity index (χ2v) is 12.7. The molecule has 4 rings (SSSR count). The second-order valence-electron chi connectivity index (χ2n) is 10.9. The maximum absolute atomic E-state index is 13.6. The van der Waals surface area contributed by atoms with Crippen LogP contribution in [-0.2, 0) is 24.3 Å². The molecule has 3 heterocycles. The molecular weight excluding hydrogens is 522 g/mol.